The van der Waals surface area contributed by atoms with Gasteiger partial charge in [0.15, 0.2) is 0 Å². The third-order valence-corrected chi connectivity index (χ3v) is 4.95. The van der Waals surface area contributed by atoms with Crippen LogP contribution < -0.4 is 0 Å². The number of aryl methyl sites for hydroxylation is 1. The Morgan fingerprint density at radius 2 is 1.83 bits per heavy atom. The fourth-order valence-corrected chi connectivity index (χ4v) is 3.45. The maximum absolute atomic E-state index is 12.2. The van der Waals surface area contributed by atoms with Gasteiger partial charge in [0.25, 0.3) is 0 Å². The summed E-state index contributed by atoms with van der Waals surface area (Å²) >= 11 is 0. The van der Waals surface area contributed by atoms with E-state index in [0.717, 1.165) is 25.7 Å². The molecule has 0 aromatic heterocycles. The molecule has 0 bridgehead atoms. The van der Waals surface area contributed by atoms with Gasteiger partial charge in [-0.1, -0.05) is 37.6 Å². The van der Waals surface area contributed by atoms with E-state index >= 15 is 0 Å². The molecule has 3 heteroatoms. The summed E-state index contributed by atoms with van der Waals surface area (Å²) in [6, 6.07) is 8.96. The first kappa shape index (κ1) is 17.8. The first-order valence-electron chi connectivity index (χ1n) is 9.23. The molecular formula is C20H31NO2. The molecule has 1 aliphatic rings. The first-order chi connectivity index (χ1) is 11.2. The zero-order chi connectivity index (χ0) is 16.7. The minimum Gasteiger partial charge on any atom is -0.445 e. The monoisotopic (exact) mass is 317 g/mol. The van der Waals surface area contributed by atoms with Crippen LogP contribution in [0.2, 0.25) is 0 Å². The van der Waals surface area contributed by atoms with E-state index in [0.29, 0.717) is 19.0 Å². The largest absolute Gasteiger partial charge is 0.445 e. The van der Waals surface area contributed by atoms with Crippen molar-refractivity contribution in [2.45, 2.75) is 71.3 Å². The van der Waals surface area contributed by atoms with Crippen LogP contribution >= 0.6 is 0 Å². The Morgan fingerprint density at radius 1 is 1.13 bits per heavy atom. The lowest BCUT2D eigenvalue weighted by Crippen LogP contribution is -2.34. The van der Waals surface area contributed by atoms with Gasteiger partial charge < -0.3 is 9.64 Å². The lowest BCUT2D eigenvalue weighted by molar-refractivity contribution is 0.0608. The highest BCUT2D eigenvalue weighted by atomic mass is 16.6. The van der Waals surface area contributed by atoms with Gasteiger partial charge in [0, 0.05) is 19.0 Å². The number of hydrogen-bond acceptors (Lipinski definition) is 2. The average molecular weight is 317 g/mol. The van der Waals surface area contributed by atoms with Gasteiger partial charge in [-0.25, -0.2) is 4.79 Å². The molecule has 1 amide bonds. The number of hydrogen-bond donors (Lipinski definition) is 0. The maximum atomic E-state index is 12.2. The Morgan fingerprint density at radius 3 is 2.43 bits per heavy atom. The van der Waals surface area contributed by atoms with E-state index < -0.39 is 0 Å². The van der Waals surface area contributed by atoms with Crippen molar-refractivity contribution in [2.75, 3.05) is 13.1 Å². The predicted molar refractivity (Wildman–Crippen MR) is 94.8 cm³/mol. The molecule has 1 aromatic carbocycles. The number of carbonyl (C=O) groups excluding carboxylic acids is 1. The molecule has 3 nitrogen and oxygen atoms in total. The van der Waals surface area contributed by atoms with Crippen LogP contribution in [0.5, 0.6) is 0 Å². The van der Waals surface area contributed by atoms with Crippen molar-refractivity contribution in [1.29, 1.82) is 0 Å². The molecule has 2 unspecified atom stereocenters. The van der Waals surface area contributed by atoms with Crippen LogP contribution in [-0.4, -0.2) is 30.2 Å². The van der Waals surface area contributed by atoms with Gasteiger partial charge >= 0.3 is 6.09 Å². The summed E-state index contributed by atoms with van der Waals surface area (Å²) in [7, 11) is 0. The maximum Gasteiger partial charge on any atom is 0.410 e. The highest BCUT2D eigenvalue weighted by Gasteiger charge is 2.32. The van der Waals surface area contributed by atoms with Crippen LogP contribution in [-0.2, 0) is 11.2 Å². The standard InChI is InChI=1S/C20H31NO2/c1-4-7-9-16-12-14-17(15-13-16)18-10-8-11-19(18)23-20(22)21(5-2)6-3/h12-15,18-19H,4-11H2,1-3H3. The van der Waals surface area contributed by atoms with Crippen molar-refractivity contribution < 1.29 is 9.53 Å². The Hall–Kier alpha value is -1.51. The van der Waals surface area contributed by atoms with Crippen molar-refractivity contribution >= 4 is 6.09 Å². The zero-order valence-corrected chi connectivity index (χ0v) is 14.9. The summed E-state index contributed by atoms with van der Waals surface area (Å²) in [5.41, 5.74) is 2.73. The Balaban J connectivity index is 1.99. The average Bonchev–Trinajstić information content (AvgIpc) is 3.02. The highest BCUT2D eigenvalue weighted by Crippen LogP contribution is 2.37. The number of amides is 1. The molecule has 128 valence electrons. The minimum absolute atomic E-state index is 0.0320. The highest BCUT2D eigenvalue weighted by molar-refractivity contribution is 5.67. The van der Waals surface area contributed by atoms with E-state index in [1.165, 1.54) is 24.0 Å². The van der Waals surface area contributed by atoms with E-state index in [4.69, 9.17) is 4.74 Å². The summed E-state index contributed by atoms with van der Waals surface area (Å²) in [5.74, 6) is 0.356. The van der Waals surface area contributed by atoms with Crippen molar-refractivity contribution in [1.82, 2.24) is 4.90 Å². The van der Waals surface area contributed by atoms with Gasteiger partial charge in [-0.15, -0.1) is 0 Å². The number of nitrogens with zero attached hydrogens (tertiary/aromatic N) is 1. The first-order valence-corrected chi connectivity index (χ1v) is 9.23. The van der Waals surface area contributed by atoms with Crippen LogP contribution in [0, 0.1) is 0 Å². The molecule has 23 heavy (non-hydrogen) atoms. The molecule has 0 heterocycles. The Kier molecular flexibility index (Phi) is 6.94. The third-order valence-electron chi connectivity index (χ3n) is 4.95. The molecule has 2 atom stereocenters. The molecule has 0 spiro atoms. The van der Waals surface area contributed by atoms with Crippen LogP contribution in [0.1, 0.15) is 69.9 Å². The van der Waals surface area contributed by atoms with E-state index in [1.807, 2.05) is 13.8 Å². The summed E-state index contributed by atoms with van der Waals surface area (Å²) in [5, 5.41) is 0. The van der Waals surface area contributed by atoms with Gasteiger partial charge in [-0.3, -0.25) is 0 Å². The fraction of sp³-hybridized carbons (Fsp3) is 0.650. The molecule has 1 fully saturated rings. The van der Waals surface area contributed by atoms with Crippen molar-refractivity contribution in [2.24, 2.45) is 0 Å². The third kappa shape index (κ3) is 4.73. The number of benzene rings is 1. The molecular weight excluding hydrogens is 286 g/mol. The van der Waals surface area contributed by atoms with Gasteiger partial charge in [0.05, 0.1) is 0 Å². The number of ether oxygens (including phenoxy) is 1. The predicted octanol–water partition coefficient (Wildman–Crippen LogP) is 5.14. The van der Waals surface area contributed by atoms with E-state index in [9.17, 15) is 4.79 Å². The zero-order valence-electron chi connectivity index (χ0n) is 14.9. The van der Waals surface area contributed by atoms with Crippen molar-refractivity contribution in [3.63, 3.8) is 0 Å². The Bertz CT molecular complexity index is 479. The molecule has 1 saturated carbocycles. The van der Waals surface area contributed by atoms with Crippen LogP contribution in [0.25, 0.3) is 0 Å². The molecule has 0 N–H and O–H groups in total. The second-order valence-corrected chi connectivity index (χ2v) is 6.48. The molecule has 1 aromatic rings. The molecule has 0 aliphatic heterocycles. The van der Waals surface area contributed by atoms with Crippen LogP contribution in [0.15, 0.2) is 24.3 Å². The second-order valence-electron chi connectivity index (χ2n) is 6.48. The minimum atomic E-state index is -0.161. The van der Waals surface area contributed by atoms with E-state index in [1.54, 1.807) is 4.90 Å². The summed E-state index contributed by atoms with van der Waals surface area (Å²) in [6.07, 6.45) is 6.73. The molecule has 1 aliphatic carbocycles. The smallest absolute Gasteiger partial charge is 0.410 e. The van der Waals surface area contributed by atoms with Crippen molar-refractivity contribution in [3.05, 3.63) is 35.4 Å². The van der Waals surface area contributed by atoms with Gasteiger partial charge in [-0.2, -0.15) is 0 Å². The van der Waals surface area contributed by atoms with E-state index in [2.05, 4.69) is 31.2 Å². The summed E-state index contributed by atoms with van der Waals surface area (Å²) < 4.78 is 5.80. The second kappa shape index (κ2) is 8.95. The van der Waals surface area contributed by atoms with Gasteiger partial charge in [-0.05, 0) is 57.1 Å². The van der Waals surface area contributed by atoms with Crippen LogP contribution in [0.4, 0.5) is 4.79 Å². The summed E-state index contributed by atoms with van der Waals surface area (Å²) in [6.45, 7) is 7.62. The number of carbonyl (C=O) groups is 1. The SMILES string of the molecule is CCCCc1ccc(C2CCCC2OC(=O)N(CC)CC)cc1. The van der Waals surface area contributed by atoms with Gasteiger partial charge in [0.2, 0.25) is 0 Å². The fourth-order valence-electron chi connectivity index (χ4n) is 3.45. The topological polar surface area (TPSA) is 29.5 Å². The number of unbranched alkanes of at least 4 members (excludes halogenated alkanes) is 1. The normalized spacial score (nSPS) is 20.5. The molecule has 0 radical (unpaired) electrons. The lowest BCUT2D eigenvalue weighted by Gasteiger charge is -2.25. The number of rotatable bonds is 7. The van der Waals surface area contributed by atoms with Crippen LogP contribution in [0.3, 0.4) is 0 Å². The molecule has 2 rings (SSSR count). The molecule has 0 saturated heterocycles. The summed E-state index contributed by atoms with van der Waals surface area (Å²) in [4.78, 5) is 14.0. The van der Waals surface area contributed by atoms with Crippen molar-refractivity contribution in [3.8, 4) is 0 Å². The van der Waals surface area contributed by atoms with Gasteiger partial charge in [0.1, 0.15) is 6.10 Å². The Labute approximate surface area is 141 Å². The quantitative estimate of drug-likeness (QED) is 0.696. The lowest BCUT2D eigenvalue weighted by atomic mass is 9.94. The van der Waals surface area contributed by atoms with E-state index in [-0.39, 0.29) is 12.2 Å².